The summed E-state index contributed by atoms with van der Waals surface area (Å²) in [5, 5.41) is 2.91. The Morgan fingerprint density at radius 3 is 2.60 bits per heavy atom. The SMILES string of the molecule is CC(C)CCNC(=O)CSCC(C)CN. The van der Waals surface area contributed by atoms with Crippen molar-refractivity contribution in [3.05, 3.63) is 0 Å². The Morgan fingerprint density at radius 2 is 2.07 bits per heavy atom. The number of carbonyl (C=O) groups is 1. The summed E-state index contributed by atoms with van der Waals surface area (Å²) in [7, 11) is 0. The number of carbonyl (C=O) groups excluding carboxylic acids is 1. The van der Waals surface area contributed by atoms with Gasteiger partial charge >= 0.3 is 0 Å². The first-order valence-corrected chi connectivity index (χ1v) is 6.76. The highest BCUT2D eigenvalue weighted by molar-refractivity contribution is 7.99. The lowest BCUT2D eigenvalue weighted by Gasteiger charge is -2.09. The maximum absolute atomic E-state index is 11.3. The number of thioether (sulfide) groups is 1. The van der Waals surface area contributed by atoms with Gasteiger partial charge in [-0.05, 0) is 30.6 Å². The average Bonchev–Trinajstić information content (AvgIpc) is 2.17. The molecule has 0 heterocycles. The van der Waals surface area contributed by atoms with Gasteiger partial charge in [-0.15, -0.1) is 0 Å². The third kappa shape index (κ3) is 10.1. The third-order valence-electron chi connectivity index (χ3n) is 2.08. The van der Waals surface area contributed by atoms with Gasteiger partial charge in [-0.1, -0.05) is 20.8 Å². The molecule has 4 heteroatoms. The van der Waals surface area contributed by atoms with E-state index in [-0.39, 0.29) is 5.91 Å². The molecule has 15 heavy (non-hydrogen) atoms. The van der Waals surface area contributed by atoms with Gasteiger partial charge in [0, 0.05) is 6.54 Å². The van der Waals surface area contributed by atoms with Gasteiger partial charge in [-0.2, -0.15) is 11.8 Å². The predicted molar refractivity (Wildman–Crippen MR) is 68.0 cm³/mol. The molecule has 1 amide bonds. The van der Waals surface area contributed by atoms with Gasteiger partial charge in [0.25, 0.3) is 0 Å². The standard InChI is InChI=1S/C11H24N2OS/c1-9(2)4-5-13-11(14)8-15-7-10(3)6-12/h9-10H,4-8,12H2,1-3H3,(H,13,14). The predicted octanol–water partition coefficient (Wildman–Crippen LogP) is 1.48. The molecular weight excluding hydrogens is 208 g/mol. The summed E-state index contributed by atoms with van der Waals surface area (Å²) >= 11 is 1.66. The number of nitrogens with two attached hydrogens (primary N) is 1. The summed E-state index contributed by atoms with van der Waals surface area (Å²) < 4.78 is 0. The Labute approximate surface area is 97.6 Å². The number of nitrogens with one attached hydrogen (secondary N) is 1. The third-order valence-corrected chi connectivity index (χ3v) is 3.35. The molecule has 0 bridgehead atoms. The molecule has 1 atom stereocenters. The van der Waals surface area contributed by atoms with Crippen molar-refractivity contribution in [2.75, 3.05) is 24.6 Å². The largest absolute Gasteiger partial charge is 0.355 e. The maximum atomic E-state index is 11.3. The second-order valence-corrected chi connectivity index (χ2v) is 5.42. The van der Waals surface area contributed by atoms with Crippen molar-refractivity contribution in [2.24, 2.45) is 17.6 Å². The highest BCUT2D eigenvalue weighted by atomic mass is 32.2. The smallest absolute Gasteiger partial charge is 0.229 e. The van der Waals surface area contributed by atoms with E-state index in [4.69, 9.17) is 5.73 Å². The molecule has 0 saturated heterocycles. The van der Waals surface area contributed by atoms with Crippen LogP contribution in [0.4, 0.5) is 0 Å². The Kier molecular flexibility index (Phi) is 8.91. The van der Waals surface area contributed by atoms with Crippen molar-refractivity contribution in [3.63, 3.8) is 0 Å². The van der Waals surface area contributed by atoms with E-state index in [1.165, 1.54) is 0 Å². The van der Waals surface area contributed by atoms with Gasteiger partial charge in [0.1, 0.15) is 0 Å². The zero-order valence-corrected chi connectivity index (χ0v) is 10.9. The number of hydrogen-bond donors (Lipinski definition) is 2. The normalized spacial score (nSPS) is 12.9. The number of rotatable bonds is 8. The van der Waals surface area contributed by atoms with Gasteiger partial charge in [0.15, 0.2) is 0 Å². The topological polar surface area (TPSA) is 55.1 Å². The molecule has 1 unspecified atom stereocenters. The first-order chi connectivity index (χ1) is 7.06. The van der Waals surface area contributed by atoms with Crippen molar-refractivity contribution < 1.29 is 4.79 Å². The summed E-state index contributed by atoms with van der Waals surface area (Å²) in [6, 6.07) is 0. The lowest BCUT2D eigenvalue weighted by atomic mass is 10.1. The van der Waals surface area contributed by atoms with Gasteiger partial charge in [-0.3, -0.25) is 4.79 Å². The van der Waals surface area contributed by atoms with Crippen LogP contribution in [0.1, 0.15) is 27.2 Å². The van der Waals surface area contributed by atoms with E-state index in [2.05, 4.69) is 26.1 Å². The zero-order chi connectivity index (χ0) is 11.7. The van der Waals surface area contributed by atoms with Crippen LogP contribution in [0.5, 0.6) is 0 Å². The fourth-order valence-corrected chi connectivity index (χ4v) is 1.92. The van der Waals surface area contributed by atoms with Crippen LogP contribution in [0.2, 0.25) is 0 Å². The average molecular weight is 232 g/mol. The fourth-order valence-electron chi connectivity index (χ4n) is 0.972. The number of amides is 1. The van der Waals surface area contributed by atoms with Crippen LogP contribution in [-0.2, 0) is 4.79 Å². The maximum Gasteiger partial charge on any atom is 0.229 e. The van der Waals surface area contributed by atoms with E-state index < -0.39 is 0 Å². The Morgan fingerprint density at radius 1 is 1.40 bits per heavy atom. The second kappa shape index (κ2) is 9.04. The minimum atomic E-state index is 0.143. The summed E-state index contributed by atoms with van der Waals surface area (Å²) in [4.78, 5) is 11.3. The minimum absolute atomic E-state index is 0.143. The molecule has 0 aliphatic carbocycles. The summed E-state index contributed by atoms with van der Waals surface area (Å²) in [6.45, 7) is 7.91. The van der Waals surface area contributed by atoms with E-state index in [1.54, 1.807) is 11.8 Å². The molecule has 0 aromatic rings. The van der Waals surface area contributed by atoms with Gasteiger partial charge < -0.3 is 11.1 Å². The highest BCUT2D eigenvalue weighted by Gasteiger charge is 2.04. The monoisotopic (exact) mass is 232 g/mol. The molecule has 3 nitrogen and oxygen atoms in total. The molecule has 0 spiro atoms. The molecule has 0 aromatic heterocycles. The van der Waals surface area contributed by atoms with Crippen molar-refractivity contribution in [1.82, 2.24) is 5.32 Å². The Balaban J connectivity index is 3.33. The Hall–Kier alpha value is -0.220. The second-order valence-electron chi connectivity index (χ2n) is 4.39. The van der Waals surface area contributed by atoms with E-state index in [0.717, 1.165) is 18.7 Å². The molecule has 0 aliphatic heterocycles. The number of hydrogen-bond acceptors (Lipinski definition) is 3. The minimum Gasteiger partial charge on any atom is -0.355 e. The molecule has 0 radical (unpaired) electrons. The molecule has 90 valence electrons. The summed E-state index contributed by atoms with van der Waals surface area (Å²) in [5.41, 5.74) is 5.49. The quantitative estimate of drug-likeness (QED) is 0.666. The van der Waals surface area contributed by atoms with Crippen LogP contribution >= 0.6 is 11.8 Å². The molecule has 0 fully saturated rings. The summed E-state index contributed by atoms with van der Waals surface area (Å²) in [5.74, 6) is 2.81. The van der Waals surface area contributed by atoms with E-state index in [0.29, 0.717) is 24.1 Å². The van der Waals surface area contributed by atoms with Gasteiger partial charge in [0.2, 0.25) is 5.91 Å². The summed E-state index contributed by atoms with van der Waals surface area (Å²) in [6.07, 6.45) is 1.05. The van der Waals surface area contributed by atoms with Crippen molar-refractivity contribution in [3.8, 4) is 0 Å². The van der Waals surface area contributed by atoms with Crippen LogP contribution in [0.3, 0.4) is 0 Å². The molecule has 3 N–H and O–H groups in total. The van der Waals surface area contributed by atoms with E-state index >= 15 is 0 Å². The van der Waals surface area contributed by atoms with Crippen molar-refractivity contribution in [1.29, 1.82) is 0 Å². The van der Waals surface area contributed by atoms with Crippen LogP contribution in [-0.4, -0.2) is 30.5 Å². The molecular formula is C11H24N2OS. The molecule has 0 rings (SSSR count). The van der Waals surface area contributed by atoms with Gasteiger partial charge in [0.05, 0.1) is 5.75 Å². The van der Waals surface area contributed by atoms with Crippen LogP contribution in [0, 0.1) is 11.8 Å². The first-order valence-electron chi connectivity index (χ1n) is 5.60. The lowest BCUT2D eigenvalue weighted by Crippen LogP contribution is -2.27. The van der Waals surface area contributed by atoms with E-state index in [1.807, 2.05) is 0 Å². The van der Waals surface area contributed by atoms with Crippen LogP contribution < -0.4 is 11.1 Å². The van der Waals surface area contributed by atoms with Crippen molar-refractivity contribution >= 4 is 17.7 Å². The lowest BCUT2D eigenvalue weighted by molar-refractivity contribution is -0.118. The van der Waals surface area contributed by atoms with Crippen molar-refractivity contribution in [2.45, 2.75) is 27.2 Å². The zero-order valence-electron chi connectivity index (χ0n) is 10.1. The van der Waals surface area contributed by atoms with Crippen LogP contribution in [0.15, 0.2) is 0 Å². The molecule has 0 saturated carbocycles. The Bertz CT molecular complexity index is 174. The first kappa shape index (κ1) is 14.8. The van der Waals surface area contributed by atoms with Crippen LogP contribution in [0.25, 0.3) is 0 Å². The fraction of sp³-hybridized carbons (Fsp3) is 0.909. The molecule has 0 aliphatic rings. The van der Waals surface area contributed by atoms with Gasteiger partial charge in [-0.25, -0.2) is 0 Å². The molecule has 0 aromatic carbocycles. The highest BCUT2D eigenvalue weighted by Crippen LogP contribution is 2.06. The van der Waals surface area contributed by atoms with E-state index in [9.17, 15) is 4.79 Å².